The molecule has 0 radical (unpaired) electrons. The SMILES string of the molecule is [C-]#[N+]c1ccc2c(c1)C(C)(C)c1c3c(c4ccccc4c1-2)OC(c1ccc(F)cc1)(c1ccc(OCCO[Si](OC(C)(C)C)(OC(C)(C)C)OC(C)(C)C)cc1)C=C3. The Kier molecular flexibility index (Phi) is 10.5. The van der Waals surface area contributed by atoms with Crippen LogP contribution in [0.4, 0.5) is 10.1 Å². The summed E-state index contributed by atoms with van der Waals surface area (Å²) in [6.07, 6.45) is 4.24. The lowest BCUT2D eigenvalue weighted by Gasteiger charge is -2.41. The van der Waals surface area contributed by atoms with Crippen LogP contribution >= 0.6 is 0 Å². The van der Waals surface area contributed by atoms with Gasteiger partial charge in [-0.2, -0.15) is 0 Å². The van der Waals surface area contributed by atoms with E-state index in [1.54, 1.807) is 12.1 Å². The van der Waals surface area contributed by atoms with Crippen molar-refractivity contribution in [2.24, 2.45) is 0 Å². The highest BCUT2D eigenvalue weighted by Crippen LogP contribution is 2.58. The van der Waals surface area contributed by atoms with Gasteiger partial charge in [0.2, 0.25) is 0 Å². The number of hydrogen-bond donors (Lipinski definition) is 0. The summed E-state index contributed by atoms with van der Waals surface area (Å²) in [5, 5.41) is 2.06. The molecule has 0 saturated heterocycles. The van der Waals surface area contributed by atoms with E-state index >= 15 is 0 Å². The maximum atomic E-state index is 14.4. The van der Waals surface area contributed by atoms with Crippen molar-refractivity contribution in [3.05, 3.63) is 142 Å². The van der Waals surface area contributed by atoms with Crippen molar-refractivity contribution in [3.63, 3.8) is 0 Å². The molecule has 302 valence electrons. The number of fused-ring (bicyclic) bond motifs is 8. The normalized spacial score (nSPS) is 17.3. The summed E-state index contributed by atoms with van der Waals surface area (Å²) in [5.41, 5.74) is 4.61. The maximum Gasteiger partial charge on any atom is 0.681 e. The molecule has 0 aromatic heterocycles. The Balaban J connectivity index is 1.22. The lowest BCUT2D eigenvalue weighted by atomic mass is 9.76. The third kappa shape index (κ3) is 8.09. The van der Waals surface area contributed by atoms with Crippen molar-refractivity contribution in [2.75, 3.05) is 13.2 Å². The molecule has 5 aromatic carbocycles. The number of halogens is 1. The van der Waals surface area contributed by atoms with Gasteiger partial charge in [-0.25, -0.2) is 9.24 Å². The first-order valence-corrected chi connectivity index (χ1v) is 21.5. The number of benzene rings is 5. The topological polar surface area (TPSA) is 59.7 Å². The third-order valence-electron chi connectivity index (χ3n) is 10.1. The molecule has 58 heavy (non-hydrogen) atoms. The second-order valence-corrected chi connectivity index (χ2v) is 20.4. The molecule has 1 aliphatic carbocycles. The molecule has 7 rings (SSSR count). The van der Waals surface area contributed by atoms with Gasteiger partial charge in [-0.05, 0) is 120 Å². The third-order valence-corrected chi connectivity index (χ3v) is 13.3. The first-order chi connectivity index (χ1) is 27.1. The van der Waals surface area contributed by atoms with E-state index < -0.39 is 36.9 Å². The van der Waals surface area contributed by atoms with Crippen LogP contribution in [-0.4, -0.2) is 39.1 Å². The maximum absolute atomic E-state index is 14.4. The van der Waals surface area contributed by atoms with Gasteiger partial charge >= 0.3 is 9.05 Å². The largest absolute Gasteiger partial charge is 0.681 e. The van der Waals surface area contributed by atoms with E-state index in [0.29, 0.717) is 11.4 Å². The summed E-state index contributed by atoms with van der Waals surface area (Å²) >= 11 is 0. The van der Waals surface area contributed by atoms with Crippen molar-refractivity contribution in [2.45, 2.75) is 104 Å². The van der Waals surface area contributed by atoms with Crippen molar-refractivity contribution in [1.82, 2.24) is 0 Å². The average molecular weight is 800 g/mol. The van der Waals surface area contributed by atoms with Gasteiger partial charge in [0.05, 0.1) is 30.0 Å². The first-order valence-electron chi connectivity index (χ1n) is 19.9. The molecular weight excluding hydrogens is 746 g/mol. The van der Waals surface area contributed by atoms with Gasteiger partial charge in [-0.3, -0.25) is 0 Å². The van der Waals surface area contributed by atoms with Gasteiger partial charge in [-0.1, -0.05) is 86.7 Å². The van der Waals surface area contributed by atoms with Crippen LogP contribution in [0.5, 0.6) is 11.5 Å². The smallest absolute Gasteiger partial charge is 0.491 e. The molecule has 0 N–H and O–H groups in total. The van der Waals surface area contributed by atoms with Gasteiger partial charge in [-0.15, -0.1) is 0 Å². The van der Waals surface area contributed by atoms with Crippen molar-refractivity contribution >= 4 is 31.6 Å². The Morgan fingerprint density at radius 3 is 1.86 bits per heavy atom. The van der Waals surface area contributed by atoms with Gasteiger partial charge in [0.15, 0.2) is 11.3 Å². The molecule has 1 heterocycles. The minimum Gasteiger partial charge on any atom is -0.491 e. The van der Waals surface area contributed by atoms with Crippen LogP contribution < -0.4 is 9.47 Å². The molecule has 5 aromatic rings. The molecule has 7 nitrogen and oxygen atoms in total. The zero-order chi connectivity index (χ0) is 41.9. The van der Waals surface area contributed by atoms with Gasteiger partial charge in [0.1, 0.15) is 23.9 Å². The summed E-state index contributed by atoms with van der Waals surface area (Å²) in [5.74, 6) is 1.07. The molecule has 2 aliphatic rings. The quantitative estimate of drug-likeness (QED) is 0.0797. The standard InChI is InChI=1S/C49H54FNO6Si/c1-45(2,3)55-58(56-46(4,5)6,57-47(7,8)9)53-30-29-52-36-24-19-33(20-25-36)49(32-17-21-34(50)22-18-32)28-27-40-43-42(37-15-13-14-16-38(37)44(40)54-49)39-26-23-35(51-12)31-41(39)48(43,10)11/h13-28,31H,29-30H2,1-11H3. The molecule has 0 amide bonds. The molecule has 0 spiro atoms. The number of ether oxygens (including phenoxy) is 2. The van der Waals surface area contributed by atoms with Crippen LogP contribution in [0.3, 0.4) is 0 Å². The van der Waals surface area contributed by atoms with Crippen LogP contribution in [-0.2, 0) is 28.7 Å². The van der Waals surface area contributed by atoms with E-state index in [1.165, 1.54) is 17.7 Å². The monoisotopic (exact) mass is 799 g/mol. The first kappa shape index (κ1) is 41.3. The van der Waals surface area contributed by atoms with E-state index in [-0.39, 0.29) is 19.0 Å². The highest BCUT2D eigenvalue weighted by atomic mass is 28.4. The Hall–Kier alpha value is -4.82. The molecular formula is C49H54FNO6Si. The van der Waals surface area contributed by atoms with E-state index in [0.717, 1.165) is 49.9 Å². The second-order valence-electron chi connectivity index (χ2n) is 18.5. The van der Waals surface area contributed by atoms with Gasteiger partial charge < -0.3 is 27.2 Å². The summed E-state index contributed by atoms with van der Waals surface area (Å²) in [6, 6.07) is 28.6. The number of rotatable bonds is 10. The van der Waals surface area contributed by atoms with E-state index in [2.05, 4.69) is 55.1 Å². The van der Waals surface area contributed by atoms with Crippen LogP contribution in [0.1, 0.15) is 104 Å². The fourth-order valence-corrected chi connectivity index (χ4v) is 11.0. The summed E-state index contributed by atoms with van der Waals surface area (Å²) in [6.45, 7) is 30.1. The van der Waals surface area contributed by atoms with Crippen LogP contribution in [0, 0.1) is 12.4 Å². The minimum absolute atomic E-state index is 0.176. The molecule has 0 saturated carbocycles. The van der Waals surface area contributed by atoms with E-state index in [9.17, 15) is 4.39 Å². The Labute approximate surface area is 344 Å². The Bertz CT molecular complexity index is 2370. The summed E-state index contributed by atoms with van der Waals surface area (Å²) in [4.78, 5) is 3.75. The fourth-order valence-electron chi connectivity index (χ4n) is 8.07. The zero-order valence-corrected chi connectivity index (χ0v) is 36.5. The van der Waals surface area contributed by atoms with Crippen LogP contribution in [0.25, 0.3) is 32.8 Å². The minimum atomic E-state index is -3.65. The fraction of sp³-hybridized carbons (Fsp3) is 0.367. The Morgan fingerprint density at radius 2 is 1.29 bits per heavy atom. The lowest BCUT2D eigenvalue weighted by Crippen LogP contribution is -2.59. The van der Waals surface area contributed by atoms with Crippen molar-refractivity contribution < 1.29 is 31.6 Å². The predicted octanol–water partition coefficient (Wildman–Crippen LogP) is 12.5. The van der Waals surface area contributed by atoms with E-state index in [1.807, 2.05) is 105 Å². The van der Waals surface area contributed by atoms with Crippen molar-refractivity contribution in [3.8, 4) is 22.6 Å². The predicted molar refractivity (Wildman–Crippen MR) is 231 cm³/mol. The molecule has 1 unspecified atom stereocenters. The summed E-state index contributed by atoms with van der Waals surface area (Å²) < 4.78 is 53.8. The molecule has 0 bridgehead atoms. The van der Waals surface area contributed by atoms with E-state index in [4.69, 9.17) is 33.7 Å². The number of hydrogen-bond acceptors (Lipinski definition) is 6. The molecule has 0 fully saturated rings. The van der Waals surface area contributed by atoms with Crippen LogP contribution in [0.15, 0.2) is 97.1 Å². The van der Waals surface area contributed by atoms with Gasteiger partial charge in [0, 0.05) is 27.5 Å². The second kappa shape index (κ2) is 14.8. The number of nitrogens with zero attached hydrogens (tertiary/aromatic N) is 1. The molecule has 1 atom stereocenters. The van der Waals surface area contributed by atoms with Crippen molar-refractivity contribution in [1.29, 1.82) is 0 Å². The lowest BCUT2D eigenvalue weighted by molar-refractivity contribution is -0.135. The Morgan fingerprint density at radius 1 is 0.724 bits per heavy atom. The average Bonchev–Trinajstić information content (AvgIpc) is 3.37. The zero-order valence-electron chi connectivity index (χ0n) is 35.5. The van der Waals surface area contributed by atoms with Crippen LogP contribution in [0.2, 0.25) is 0 Å². The molecule has 9 heteroatoms. The van der Waals surface area contributed by atoms with Gasteiger partial charge in [0.25, 0.3) is 0 Å². The summed E-state index contributed by atoms with van der Waals surface area (Å²) in [7, 11) is -3.65. The highest BCUT2D eigenvalue weighted by Gasteiger charge is 2.54. The molecule has 1 aliphatic heterocycles. The highest BCUT2D eigenvalue weighted by molar-refractivity contribution is 6.54.